The van der Waals surface area contributed by atoms with Gasteiger partial charge in [-0.25, -0.2) is 0 Å². The summed E-state index contributed by atoms with van der Waals surface area (Å²) in [6, 6.07) is 94.5. The molecule has 0 unspecified atom stereocenters. The van der Waals surface area contributed by atoms with E-state index < -0.39 is 0 Å². The van der Waals surface area contributed by atoms with Crippen molar-refractivity contribution in [3.8, 4) is 78.3 Å². The second-order valence-corrected chi connectivity index (χ2v) is 21.3. The molecule has 0 atom stereocenters. The van der Waals surface area contributed by atoms with Gasteiger partial charge in [-0.1, -0.05) is 226 Å². The molecule has 14 rings (SSSR count). The van der Waals surface area contributed by atoms with Gasteiger partial charge in [0.2, 0.25) is 0 Å². The van der Waals surface area contributed by atoms with E-state index in [1.807, 2.05) is 12.1 Å². The molecule has 2 aliphatic heterocycles. The number of para-hydroxylation sites is 2. The normalized spacial score (nSPS) is 13.6. The molecule has 0 radical (unpaired) electrons. The molecular formula is C74H59BN2O2. The average Bonchev–Trinajstić information content (AvgIpc) is 2.78. The van der Waals surface area contributed by atoms with Crippen molar-refractivity contribution < 1.29 is 9.47 Å². The maximum Gasteiger partial charge on any atom is 0.252 e. The molecule has 0 N–H and O–H groups in total. The minimum Gasteiger partial charge on any atom is -0.497 e. The Kier molecular flexibility index (Phi) is 12.5. The number of rotatable bonds is 11. The summed E-state index contributed by atoms with van der Waals surface area (Å²) in [5.74, 6) is 2.07. The van der Waals surface area contributed by atoms with E-state index in [2.05, 4.69) is 252 Å². The molecule has 0 saturated heterocycles. The lowest BCUT2D eigenvalue weighted by molar-refractivity contribution is 0.415. The molecule has 0 amide bonds. The minimum absolute atomic E-state index is 0.174. The van der Waals surface area contributed by atoms with Gasteiger partial charge in [-0.05, 0) is 134 Å². The van der Waals surface area contributed by atoms with E-state index in [4.69, 9.17) is 9.47 Å². The third-order valence-electron chi connectivity index (χ3n) is 16.8. The van der Waals surface area contributed by atoms with Gasteiger partial charge in [0.25, 0.3) is 6.71 Å². The Morgan fingerprint density at radius 1 is 0.329 bits per heavy atom. The van der Waals surface area contributed by atoms with Crippen LogP contribution in [0.4, 0.5) is 34.1 Å². The SMILES string of the molecule is COc1cccc(-c2ccc3c(c2)B2c4cc(-c5cccc(OC)c5)ccc4N(c4c(-c5ccccc5)cccc4-c4ccccc4)c4cc(C5CCCCC5)cc(c42)N3c2c(-c3ccccc3)cccc2-c2ccccc2)c1. The third kappa shape index (κ3) is 8.58. The molecule has 79 heavy (non-hydrogen) atoms. The molecule has 11 aromatic carbocycles. The van der Waals surface area contributed by atoms with Crippen LogP contribution in [0.15, 0.2) is 255 Å². The number of methoxy groups -OCH3 is 2. The predicted molar refractivity (Wildman–Crippen MR) is 332 cm³/mol. The van der Waals surface area contributed by atoms with Crippen LogP contribution in [0.1, 0.15) is 43.6 Å². The zero-order chi connectivity index (χ0) is 52.8. The van der Waals surface area contributed by atoms with Crippen molar-refractivity contribution in [1.82, 2.24) is 0 Å². The highest BCUT2D eigenvalue weighted by Crippen LogP contribution is 2.54. The number of anilines is 6. The van der Waals surface area contributed by atoms with Gasteiger partial charge >= 0.3 is 0 Å². The Bertz CT molecular complexity index is 3680. The fourth-order valence-corrected chi connectivity index (χ4v) is 13.1. The fourth-order valence-electron chi connectivity index (χ4n) is 13.1. The number of fused-ring (bicyclic) bond motifs is 4. The maximum atomic E-state index is 5.88. The second kappa shape index (κ2) is 20.6. The standard InChI is InChI=1S/C74H59BN2O2/c1-78-60-34-18-32-55(44-60)57-40-42-68-66(46-57)75-67-47-58(56-33-19-35-61(45-56)79-2)41-43-69(67)77(74-64(53-28-14-6-15-29-53)38-21-39-65(74)54-30-16-7-17-31-54)71-49-59(50-22-8-3-9-23-50)48-70(72(71)75)76(68)73-62(51-24-10-4-11-25-51)36-20-37-63(73)52-26-12-5-13-27-52/h4-7,10-21,24-50H,3,8-9,22-23H2,1-2H3. The highest BCUT2D eigenvalue weighted by Gasteiger charge is 2.46. The molecule has 0 bridgehead atoms. The Labute approximate surface area is 464 Å². The third-order valence-corrected chi connectivity index (χ3v) is 16.8. The van der Waals surface area contributed by atoms with E-state index in [-0.39, 0.29) is 6.71 Å². The van der Waals surface area contributed by atoms with E-state index >= 15 is 0 Å². The summed E-state index contributed by atoms with van der Waals surface area (Å²) in [4.78, 5) is 5.35. The quantitative estimate of drug-likeness (QED) is 0.121. The topological polar surface area (TPSA) is 24.9 Å². The first kappa shape index (κ1) is 48.1. The van der Waals surface area contributed by atoms with E-state index in [0.29, 0.717) is 5.92 Å². The Morgan fingerprint density at radius 3 is 1.06 bits per heavy atom. The average molecular weight is 1020 g/mol. The van der Waals surface area contributed by atoms with Gasteiger partial charge in [-0.3, -0.25) is 0 Å². The van der Waals surface area contributed by atoms with Crippen LogP contribution in [0.2, 0.25) is 0 Å². The molecule has 3 aliphatic rings. The van der Waals surface area contributed by atoms with Crippen LogP contribution in [0.5, 0.6) is 11.5 Å². The molecule has 4 nitrogen and oxygen atoms in total. The molecule has 11 aromatic rings. The van der Waals surface area contributed by atoms with E-state index in [0.717, 1.165) is 69.3 Å². The lowest BCUT2D eigenvalue weighted by Gasteiger charge is -2.46. The zero-order valence-electron chi connectivity index (χ0n) is 44.6. The number of nitrogens with zero attached hydrogens (tertiary/aromatic N) is 2. The van der Waals surface area contributed by atoms with Crippen molar-refractivity contribution in [2.24, 2.45) is 0 Å². The summed E-state index contributed by atoms with van der Waals surface area (Å²) in [7, 11) is 3.50. The molecule has 1 fully saturated rings. The van der Waals surface area contributed by atoms with Gasteiger partial charge in [0.15, 0.2) is 0 Å². The summed E-state index contributed by atoms with van der Waals surface area (Å²) in [6.45, 7) is -0.174. The fraction of sp³-hybridized carbons (Fsp3) is 0.108. The predicted octanol–water partition coefficient (Wildman–Crippen LogP) is 17.8. The maximum absolute atomic E-state index is 5.88. The van der Waals surface area contributed by atoms with E-state index in [9.17, 15) is 0 Å². The van der Waals surface area contributed by atoms with Crippen LogP contribution < -0.4 is 35.7 Å². The van der Waals surface area contributed by atoms with Gasteiger partial charge in [0.05, 0.1) is 25.6 Å². The van der Waals surface area contributed by atoms with Gasteiger partial charge in [0.1, 0.15) is 11.5 Å². The van der Waals surface area contributed by atoms with Crippen molar-refractivity contribution in [3.63, 3.8) is 0 Å². The first-order chi connectivity index (χ1) is 39.1. The van der Waals surface area contributed by atoms with Gasteiger partial charge in [-0.15, -0.1) is 0 Å². The van der Waals surface area contributed by atoms with Crippen molar-refractivity contribution in [2.45, 2.75) is 38.0 Å². The Hall–Kier alpha value is -9.32. The molecular weight excluding hydrogens is 960 g/mol. The van der Waals surface area contributed by atoms with Crippen molar-refractivity contribution >= 4 is 57.2 Å². The molecule has 5 heteroatoms. The lowest BCUT2D eigenvalue weighted by Crippen LogP contribution is -2.61. The summed E-state index contributed by atoms with van der Waals surface area (Å²) in [5, 5.41) is 0. The highest BCUT2D eigenvalue weighted by molar-refractivity contribution is 7.00. The van der Waals surface area contributed by atoms with Crippen LogP contribution in [0.3, 0.4) is 0 Å². The largest absolute Gasteiger partial charge is 0.497 e. The van der Waals surface area contributed by atoms with Crippen LogP contribution in [0.25, 0.3) is 66.8 Å². The Morgan fingerprint density at radius 2 is 0.684 bits per heavy atom. The summed E-state index contributed by atoms with van der Waals surface area (Å²) in [5.41, 5.74) is 26.1. The highest BCUT2D eigenvalue weighted by atomic mass is 16.5. The molecule has 0 aromatic heterocycles. The van der Waals surface area contributed by atoms with Crippen LogP contribution in [-0.4, -0.2) is 20.9 Å². The number of ether oxygens (including phenoxy) is 2. The van der Waals surface area contributed by atoms with Crippen molar-refractivity contribution in [2.75, 3.05) is 24.0 Å². The molecule has 380 valence electrons. The van der Waals surface area contributed by atoms with Crippen LogP contribution >= 0.6 is 0 Å². The number of benzene rings is 11. The van der Waals surface area contributed by atoms with Gasteiger partial charge in [-0.2, -0.15) is 0 Å². The zero-order valence-corrected chi connectivity index (χ0v) is 44.6. The molecule has 2 heterocycles. The molecule has 0 spiro atoms. The van der Waals surface area contributed by atoms with Gasteiger partial charge in [0, 0.05) is 45.0 Å². The van der Waals surface area contributed by atoms with Crippen molar-refractivity contribution in [1.29, 1.82) is 0 Å². The minimum atomic E-state index is -0.174. The second-order valence-electron chi connectivity index (χ2n) is 21.3. The van der Waals surface area contributed by atoms with E-state index in [1.54, 1.807) is 14.2 Å². The van der Waals surface area contributed by atoms with Crippen LogP contribution in [-0.2, 0) is 0 Å². The smallest absolute Gasteiger partial charge is 0.252 e. The molecule has 1 aliphatic carbocycles. The van der Waals surface area contributed by atoms with Gasteiger partial charge < -0.3 is 19.3 Å². The summed E-state index contributed by atoms with van der Waals surface area (Å²) < 4.78 is 11.8. The number of hydrogen-bond donors (Lipinski definition) is 0. The summed E-state index contributed by atoms with van der Waals surface area (Å²) >= 11 is 0. The summed E-state index contributed by atoms with van der Waals surface area (Å²) in [6.07, 6.45) is 6.05. The monoisotopic (exact) mass is 1020 g/mol. The van der Waals surface area contributed by atoms with E-state index in [1.165, 1.54) is 97.1 Å². The van der Waals surface area contributed by atoms with Crippen molar-refractivity contribution in [3.05, 3.63) is 260 Å². The Balaban J connectivity index is 1.16. The first-order valence-electron chi connectivity index (χ1n) is 27.9. The number of hydrogen-bond acceptors (Lipinski definition) is 4. The van der Waals surface area contributed by atoms with Crippen LogP contribution in [0, 0.1) is 0 Å². The lowest BCUT2D eigenvalue weighted by atomic mass is 9.33. The first-order valence-corrected chi connectivity index (χ1v) is 27.9. The molecule has 1 saturated carbocycles.